The van der Waals surface area contributed by atoms with Gasteiger partial charge in [-0.05, 0) is 30.5 Å². The first-order valence-corrected chi connectivity index (χ1v) is 8.40. The topological polar surface area (TPSA) is 92.8 Å². The van der Waals surface area contributed by atoms with Crippen LogP contribution in [0.5, 0.6) is 0 Å². The van der Waals surface area contributed by atoms with E-state index in [2.05, 4.69) is 5.32 Å². The van der Waals surface area contributed by atoms with E-state index in [1.54, 1.807) is 42.6 Å². The van der Waals surface area contributed by atoms with Crippen LogP contribution in [0, 0.1) is 0 Å². The maximum Gasteiger partial charge on any atom is 0.341 e. The van der Waals surface area contributed by atoms with E-state index in [1.165, 1.54) is 0 Å². The molecule has 2 aromatic rings. The van der Waals surface area contributed by atoms with Crippen LogP contribution in [0.1, 0.15) is 38.0 Å². The number of hydrogen-bond donors (Lipinski definition) is 1. The van der Waals surface area contributed by atoms with Crippen molar-refractivity contribution in [3.8, 4) is 0 Å². The minimum Gasteiger partial charge on any atom is -0.462 e. The van der Waals surface area contributed by atoms with Crippen molar-refractivity contribution in [2.45, 2.75) is 6.92 Å². The molecule has 1 aliphatic heterocycles. The molecule has 1 aliphatic rings. The molecule has 3 rings (SSSR count). The summed E-state index contributed by atoms with van der Waals surface area (Å²) in [5, 5.41) is 4.52. The van der Waals surface area contributed by atoms with Crippen LogP contribution in [0.25, 0.3) is 0 Å². The molecule has 0 unspecified atom stereocenters. The summed E-state index contributed by atoms with van der Waals surface area (Å²) in [6, 6.07) is 7.95. The SMILES string of the molecule is CCOC(=O)c1ccsc1NC(=O)CN1C(=O)c2ccccc2C1=O. The Morgan fingerprint density at radius 2 is 1.76 bits per heavy atom. The van der Waals surface area contributed by atoms with E-state index < -0.39 is 30.2 Å². The number of hydrogen-bond acceptors (Lipinski definition) is 6. The summed E-state index contributed by atoms with van der Waals surface area (Å²) >= 11 is 1.16. The third-order valence-electron chi connectivity index (χ3n) is 3.59. The van der Waals surface area contributed by atoms with Crippen LogP contribution in [0.3, 0.4) is 0 Å². The summed E-state index contributed by atoms with van der Waals surface area (Å²) in [6.45, 7) is 1.48. The number of amides is 3. The highest BCUT2D eigenvalue weighted by molar-refractivity contribution is 7.14. The molecule has 2 heterocycles. The number of nitrogens with zero attached hydrogens (tertiary/aromatic N) is 1. The molecule has 7 nitrogen and oxygen atoms in total. The first-order chi connectivity index (χ1) is 12.0. The average molecular weight is 358 g/mol. The molecule has 128 valence electrons. The van der Waals surface area contributed by atoms with Gasteiger partial charge in [0.1, 0.15) is 11.5 Å². The summed E-state index contributed by atoms with van der Waals surface area (Å²) in [5.41, 5.74) is 0.801. The number of imide groups is 1. The Balaban J connectivity index is 1.71. The Kier molecular flexibility index (Phi) is 4.62. The summed E-state index contributed by atoms with van der Waals surface area (Å²) in [5.74, 6) is -2.12. The Hall–Kier alpha value is -3.00. The summed E-state index contributed by atoms with van der Waals surface area (Å²) < 4.78 is 4.92. The molecule has 0 fully saturated rings. The lowest BCUT2D eigenvalue weighted by molar-refractivity contribution is -0.116. The number of fused-ring (bicyclic) bond motifs is 1. The van der Waals surface area contributed by atoms with Gasteiger partial charge in [-0.1, -0.05) is 12.1 Å². The van der Waals surface area contributed by atoms with E-state index in [9.17, 15) is 19.2 Å². The van der Waals surface area contributed by atoms with Gasteiger partial charge in [0.15, 0.2) is 0 Å². The Morgan fingerprint density at radius 3 is 2.36 bits per heavy atom. The number of carbonyl (C=O) groups is 4. The number of carbonyl (C=O) groups excluding carboxylic acids is 4. The minimum absolute atomic E-state index is 0.219. The minimum atomic E-state index is -0.567. The fourth-order valence-corrected chi connectivity index (χ4v) is 3.26. The largest absolute Gasteiger partial charge is 0.462 e. The zero-order valence-corrected chi connectivity index (χ0v) is 14.1. The highest BCUT2D eigenvalue weighted by Gasteiger charge is 2.36. The molecule has 0 atom stereocenters. The second-order valence-corrected chi connectivity index (χ2v) is 6.09. The third-order valence-corrected chi connectivity index (χ3v) is 4.42. The van der Waals surface area contributed by atoms with Crippen molar-refractivity contribution in [2.24, 2.45) is 0 Å². The van der Waals surface area contributed by atoms with Crippen molar-refractivity contribution >= 4 is 40.0 Å². The maximum absolute atomic E-state index is 12.3. The van der Waals surface area contributed by atoms with Crippen molar-refractivity contribution in [3.05, 3.63) is 52.4 Å². The molecule has 0 bridgehead atoms. The molecule has 25 heavy (non-hydrogen) atoms. The third kappa shape index (κ3) is 3.16. The fraction of sp³-hybridized carbons (Fsp3) is 0.176. The van der Waals surface area contributed by atoms with E-state index in [1.807, 2.05) is 0 Å². The summed E-state index contributed by atoms with van der Waals surface area (Å²) in [6.07, 6.45) is 0. The van der Waals surface area contributed by atoms with Crippen molar-refractivity contribution in [1.82, 2.24) is 4.90 Å². The summed E-state index contributed by atoms with van der Waals surface area (Å²) in [7, 11) is 0. The van der Waals surface area contributed by atoms with Crippen LogP contribution >= 0.6 is 11.3 Å². The molecule has 8 heteroatoms. The van der Waals surface area contributed by atoms with Crippen LogP contribution < -0.4 is 5.32 Å². The first-order valence-electron chi connectivity index (χ1n) is 7.52. The van der Waals surface area contributed by atoms with Gasteiger partial charge in [-0.3, -0.25) is 19.3 Å². The predicted octanol–water partition coefficient (Wildman–Crippen LogP) is 2.16. The molecule has 3 amide bonds. The van der Waals surface area contributed by atoms with Gasteiger partial charge in [0.25, 0.3) is 11.8 Å². The average Bonchev–Trinajstić information content (AvgIpc) is 3.14. The predicted molar refractivity (Wildman–Crippen MR) is 90.7 cm³/mol. The number of anilines is 1. The van der Waals surface area contributed by atoms with E-state index >= 15 is 0 Å². The molecule has 0 aliphatic carbocycles. The molecular weight excluding hydrogens is 344 g/mol. The molecule has 0 spiro atoms. The van der Waals surface area contributed by atoms with Gasteiger partial charge in [0.05, 0.1) is 23.3 Å². The number of ether oxygens (including phenoxy) is 1. The Morgan fingerprint density at radius 1 is 1.12 bits per heavy atom. The highest BCUT2D eigenvalue weighted by atomic mass is 32.1. The number of benzene rings is 1. The normalized spacial score (nSPS) is 12.9. The van der Waals surface area contributed by atoms with Gasteiger partial charge in [0, 0.05) is 0 Å². The van der Waals surface area contributed by atoms with Crippen LogP contribution in [0.2, 0.25) is 0 Å². The maximum atomic E-state index is 12.3. The second kappa shape index (κ2) is 6.86. The lowest BCUT2D eigenvalue weighted by Crippen LogP contribution is -2.37. The molecule has 0 saturated heterocycles. The standard InChI is InChI=1S/C17H14N2O5S/c1-2-24-17(23)12-7-8-25-14(12)18-13(20)9-19-15(21)10-5-3-4-6-11(10)16(19)22/h3-8H,2,9H2,1H3,(H,18,20). The zero-order valence-electron chi connectivity index (χ0n) is 13.3. The molecule has 1 N–H and O–H groups in total. The van der Waals surface area contributed by atoms with Gasteiger partial charge in [-0.2, -0.15) is 0 Å². The van der Waals surface area contributed by atoms with Gasteiger partial charge < -0.3 is 10.1 Å². The molecular formula is C17H14N2O5S. The highest BCUT2D eigenvalue weighted by Crippen LogP contribution is 2.25. The Bertz CT molecular complexity index is 838. The first kappa shape index (κ1) is 16.8. The summed E-state index contributed by atoms with van der Waals surface area (Å²) in [4.78, 5) is 49.5. The zero-order chi connectivity index (χ0) is 18.0. The molecule has 0 saturated carbocycles. The van der Waals surface area contributed by atoms with Gasteiger partial charge in [-0.15, -0.1) is 11.3 Å². The van der Waals surface area contributed by atoms with Crippen molar-refractivity contribution in [2.75, 3.05) is 18.5 Å². The lowest BCUT2D eigenvalue weighted by Gasteiger charge is -2.13. The quantitative estimate of drug-likeness (QED) is 0.653. The van der Waals surface area contributed by atoms with Crippen LogP contribution in [-0.4, -0.2) is 41.7 Å². The lowest BCUT2D eigenvalue weighted by atomic mass is 10.1. The van der Waals surface area contributed by atoms with Gasteiger partial charge in [-0.25, -0.2) is 4.79 Å². The van der Waals surface area contributed by atoms with Crippen molar-refractivity contribution < 1.29 is 23.9 Å². The number of rotatable bonds is 5. The van der Waals surface area contributed by atoms with E-state index in [-0.39, 0.29) is 23.3 Å². The van der Waals surface area contributed by atoms with E-state index in [0.717, 1.165) is 16.2 Å². The van der Waals surface area contributed by atoms with Gasteiger partial charge >= 0.3 is 5.97 Å². The Labute approximate surface area is 147 Å². The van der Waals surface area contributed by atoms with Crippen LogP contribution in [0.15, 0.2) is 35.7 Å². The smallest absolute Gasteiger partial charge is 0.341 e. The van der Waals surface area contributed by atoms with E-state index in [4.69, 9.17) is 4.74 Å². The fourth-order valence-electron chi connectivity index (χ4n) is 2.47. The number of esters is 1. The van der Waals surface area contributed by atoms with Crippen molar-refractivity contribution in [1.29, 1.82) is 0 Å². The number of thiophene rings is 1. The molecule has 1 aromatic heterocycles. The molecule has 0 radical (unpaired) electrons. The van der Waals surface area contributed by atoms with Crippen LogP contribution in [0.4, 0.5) is 5.00 Å². The molecule has 1 aromatic carbocycles. The second-order valence-electron chi connectivity index (χ2n) is 5.17. The van der Waals surface area contributed by atoms with Crippen LogP contribution in [-0.2, 0) is 9.53 Å². The monoisotopic (exact) mass is 358 g/mol. The number of nitrogens with one attached hydrogen (secondary N) is 1. The van der Waals surface area contributed by atoms with Gasteiger partial charge in [0.2, 0.25) is 5.91 Å². The van der Waals surface area contributed by atoms with E-state index in [0.29, 0.717) is 5.00 Å². The van der Waals surface area contributed by atoms with Crippen molar-refractivity contribution in [3.63, 3.8) is 0 Å².